The smallest absolute Gasteiger partial charge is 0.410 e. The van der Waals surface area contributed by atoms with Gasteiger partial charge in [0.1, 0.15) is 23.8 Å². The van der Waals surface area contributed by atoms with Crippen LogP contribution in [0.3, 0.4) is 0 Å². The predicted octanol–water partition coefficient (Wildman–Crippen LogP) is 5.17. The number of nitrogens with zero attached hydrogens (tertiary/aromatic N) is 2. The monoisotopic (exact) mass is 415 g/mol. The molecule has 0 radical (unpaired) electrons. The van der Waals surface area contributed by atoms with Gasteiger partial charge in [0.05, 0.1) is 16.3 Å². The van der Waals surface area contributed by atoms with Crippen molar-refractivity contribution < 1.29 is 14.3 Å². The maximum atomic E-state index is 12.3. The molecule has 1 aromatic heterocycles. The largest absolute Gasteiger partial charge is 0.487 e. The minimum Gasteiger partial charge on any atom is -0.487 e. The number of aromatic nitrogens is 1. The number of pyridine rings is 1. The number of ether oxygens (including phenoxy) is 2. The van der Waals surface area contributed by atoms with Crippen LogP contribution in [0.1, 0.15) is 38.3 Å². The first-order valence-electron chi connectivity index (χ1n) is 9.92. The predicted molar refractivity (Wildman–Crippen MR) is 113 cm³/mol. The maximum absolute atomic E-state index is 12.3. The van der Waals surface area contributed by atoms with Gasteiger partial charge in [-0.3, -0.25) is 0 Å². The van der Waals surface area contributed by atoms with E-state index >= 15 is 0 Å². The number of hydrogen-bond donors (Lipinski definition) is 1. The van der Waals surface area contributed by atoms with Crippen LogP contribution < -0.4 is 10.1 Å². The second-order valence-electron chi connectivity index (χ2n) is 8.65. The minimum atomic E-state index is -0.467. The van der Waals surface area contributed by atoms with Crippen molar-refractivity contribution in [3.8, 4) is 5.75 Å². The van der Waals surface area contributed by atoms with Gasteiger partial charge in [-0.2, -0.15) is 0 Å². The third-order valence-electron chi connectivity index (χ3n) is 5.13. The SMILES string of the molecule is CC(C)(C)OC(=O)N1CCC(Cc2ccc3c(c2)Nc2nccc(Cl)c2CO3)C1. The molecule has 1 unspecified atom stereocenters. The molecule has 154 valence electrons. The van der Waals surface area contributed by atoms with Gasteiger partial charge >= 0.3 is 6.09 Å². The van der Waals surface area contributed by atoms with Crippen LogP contribution in [-0.2, 0) is 17.8 Å². The van der Waals surface area contributed by atoms with E-state index in [0.717, 1.165) is 48.7 Å². The van der Waals surface area contributed by atoms with Crippen LogP contribution in [0.15, 0.2) is 30.5 Å². The average Bonchev–Trinajstić information content (AvgIpc) is 3.01. The van der Waals surface area contributed by atoms with Crippen LogP contribution in [0, 0.1) is 5.92 Å². The molecule has 1 N–H and O–H groups in total. The molecule has 1 atom stereocenters. The molecule has 1 fully saturated rings. The molecule has 1 aromatic carbocycles. The van der Waals surface area contributed by atoms with Gasteiger partial charge in [0.2, 0.25) is 0 Å². The van der Waals surface area contributed by atoms with E-state index in [1.807, 2.05) is 31.7 Å². The molecule has 29 heavy (non-hydrogen) atoms. The van der Waals surface area contributed by atoms with Gasteiger partial charge < -0.3 is 19.7 Å². The lowest BCUT2D eigenvalue weighted by Gasteiger charge is -2.24. The van der Waals surface area contributed by atoms with E-state index in [-0.39, 0.29) is 6.09 Å². The highest BCUT2D eigenvalue weighted by molar-refractivity contribution is 6.31. The summed E-state index contributed by atoms with van der Waals surface area (Å²) < 4.78 is 11.4. The standard InChI is InChI=1S/C22H26ClN3O3/c1-22(2,3)29-21(27)26-9-7-15(12-26)10-14-4-5-19-18(11-14)25-20-16(13-28-19)17(23)6-8-24-20/h4-6,8,11,15H,7,9-10,12-13H2,1-3H3,(H,24,25). The number of amides is 1. The van der Waals surface area contributed by atoms with E-state index in [2.05, 4.69) is 22.4 Å². The highest BCUT2D eigenvalue weighted by Crippen LogP contribution is 2.36. The van der Waals surface area contributed by atoms with Crippen molar-refractivity contribution in [2.75, 3.05) is 18.4 Å². The molecule has 6 nitrogen and oxygen atoms in total. The van der Waals surface area contributed by atoms with Crippen LogP contribution in [0.2, 0.25) is 5.02 Å². The van der Waals surface area contributed by atoms with Gasteiger partial charge in [-0.1, -0.05) is 17.7 Å². The van der Waals surface area contributed by atoms with Gasteiger partial charge in [0.25, 0.3) is 0 Å². The summed E-state index contributed by atoms with van der Waals surface area (Å²) in [4.78, 5) is 18.5. The van der Waals surface area contributed by atoms with Gasteiger partial charge in [0.15, 0.2) is 0 Å². The Morgan fingerprint density at radius 3 is 3.00 bits per heavy atom. The molecule has 2 aliphatic rings. The Balaban J connectivity index is 1.44. The number of carbonyl (C=O) groups excluding carboxylic acids is 1. The molecule has 0 aliphatic carbocycles. The minimum absolute atomic E-state index is 0.225. The number of anilines is 2. The van der Waals surface area contributed by atoms with Crippen LogP contribution in [0.4, 0.5) is 16.3 Å². The van der Waals surface area contributed by atoms with Gasteiger partial charge in [-0.25, -0.2) is 9.78 Å². The van der Waals surface area contributed by atoms with E-state index in [0.29, 0.717) is 17.5 Å². The highest BCUT2D eigenvalue weighted by atomic mass is 35.5. The number of likely N-dealkylation sites (tertiary alicyclic amines) is 1. The average molecular weight is 416 g/mol. The van der Waals surface area contributed by atoms with Gasteiger partial charge in [-0.05, 0) is 63.3 Å². The molecule has 0 saturated carbocycles. The molecular formula is C22H26ClN3O3. The Kier molecular flexibility index (Phi) is 5.30. The van der Waals surface area contributed by atoms with Gasteiger partial charge in [-0.15, -0.1) is 0 Å². The molecule has 0 bridgehead atoms. The van der Waals surface area contributed by atoms with Crippen molar-refractivity contribution in [2.24, 2.45) is 5.92 Å². The Labute approximate surface area is 176 Å². The lowest BCUT2D eigenvalue weighted by molar-refractivity contribution is 0.0288. The summed E-state index contributed by atoms with van der Waals surface area (Å²) in [6, 6.07) is 7.94. The van der Waals surface area contributed by atoms with E-state index in [1.54, 1.807) is 12.3 Å². The van der Waals surface area contributed by atoms with E-state index in [9.17, 15) is 4.79 Å². The first kappa shape index (κ1) is 19.8. The first-order valence-corrected chi connectivity index (χ1v) is 10.3. The Hall–Kier alpha value is -2.47. The summed E-state index contributed by atoms with van der Waals surface area (Å²) in [5.74, 6) is 1.92. The second kappa shape index (κ2) is 7.75. The second-order valence-corrected chi connectivity index (χ2v) is 9.06. The molecule has 7 heteroatoms. The van der Waals surface area contributed by atoms with Crippen molar-refractivity contribution in [2.45, 2.75) is 45.8 Å². The van der Waals surface area contributed by atoms with Crippen LogP contribution >= 0.6 is 11.6 Å². The molecule has 0 spiro atoms. The topological polar surface area (TPSA) is 63.7 Å². The normalized spacial score (nSPS) is 18.2. The number of hydrogen-bond acceptors (Lipinski definition) is 5. The number of benzene rings is 1. The number of fused-ring (bicyclic) bond motifs is 2. The fourth-order valence-corrected chi connectivity index (χ4v) is 3.94. The maximum Gasteiger partial charge on any atom is 0.410 e. The van der Waals surface area contributed by atoms with Crippen molar-refractivity contribution in [3.63, 3.8) is 0 Å². The van der Waals surface area contributed by atoms with E-state index in [4.69, 9.17) is 21.1 Å². The Morgan fingerprint density at radius 2 is 2.21 bits per heavy atom. The van der Waals surface area contributed by atoms with Crippen molar-refractivity contribution >= 4 is 29.2 Å². The number of halogens is 1. The van der Waals surface area contributed by atoms with Gasteiger partial charge in [0, 0.05) is 19.3 Å². The first-order chi connectivity index (χ1) is 13.8. The zero-order valence-electron chi connectivity index (χ0n) is 17.0. The Bertz CT molecular complexity index is 926. The van der Waals surface area contributed by atoms with E-state index < -0.39 is 5.60 Å². The number of nitrogens with one attached hydrogen (secondary N) is 1. The van der Waals surface area contributed by atoms with Crippen LogP contribution in [-0.4, -0.2) is 34.7 Å². The summed E-state index contributed by atoms with van der Waals surface area (Å²) in [7, 11) is 0. The fourth-order valence-electron chi connectivity index (χ4n) is 3.74. The summed E-state index contributed by atoms with van der Waals surface area (Å²) in [5.41, 5.74) is 2.47. The van der Waals surface area contributed by atoms with Crippen molar-refractivity contribution in [1.29, 1.82) is 0 Å². The lowest BCUT2D eigenvalue weighted by Crippen LogP contribution is -2.35. The molecule has 2 aliphatic heterocycles. The Morgan fingerprint density at radius 1 is 1.38 bits per heavy atom. The van der Waals surface area contributed by atoms with E-state index in [1.165, 1.54) is 5.56 Å². The molecule has 4 rings (SSSR count). The number of carbonyl (C=O) groups is 1. The third kappa shape index (κ3) is 4.58. The third-order valence-corrected chi connectivity index (χ3v) is 5.48. The fraction of sp³-hybridized carbons (Fsp3) is 0.455. The molecule has 2 aromatic rings. The zero-order valence-corrected chi connectivity index (χ0v) is 17.8. The molecule has 1 saturated heterocycles. The molecule has 3 heterocycles. The zero-order chi connectivity index (χ0) is 20.6. The quantitative estimate of drug-likeness (QED) is 0.732. The van der Waals surface area contributed by atoms with Crippen LogP contribution in [0.5, 0.6) is 5.75 Å². The highest BCUT2D eigenvalue weighted by Gasteiger charge is 2.30. The molecular weight excluding hydrogens is 390 g/mol. The molecule has 1 amide bonds. The van der Waals surface area contributed by atoms with Crippen molar-refractivity contribution in [3.05, 3.63) is 46.6 Å². The summed E-state index contributed by atoms with van der Waals surface area (Å²) in [5, 5.41) is 4.00. The summed E-state index contributed by atoms with van der Waals surface area (Å²) in [6.07, 6.45) is 3.33. The summed E-state index contributed by atoms with van der Waals surface area (Å²) >= 11 is 6.28. The van der Waals surface area contributed by atoms with Crippen LogP contribution in [0.25, 0.3) is 0 Å². The number of rotatable bonds is 2. The van der Waals surface area contributed by atoms with Crippen molar-refractivity contribution in [1.82, 2.24) is 9.88 Å². The summed E-state index contributed by atoms with van der Waals surface area (Å²) in [6.45, 7) is 7.52. The lowest BCUT2D eigenvalue weighted by atomic mass is 9.98.